The van der Waals surface area contributed by atoms with E-state index in [1.54, 1.807) is 6.92 Å². The maximum Gasteiger partial charge on any atom is 0.360 e. The molecule has 1 saturated carbocycles. The summed E-state index contributed by atoms with van der Waals surface area (Å²) in [6.45, 7) is 4.02. The zero-order chi connectivity index (χ0) is 14.7. The van der Waals surface area contributed by atoms with E-state index in [0.29, 0.717) is 18.5 Å². The van der Waals surface area contributed by atoms with Crippen LogP contribution in [0.5, 0.6) is 0 Å². The summed E-state index contributed by atoms with van der Waals surface area (Å²) >= 11 is 1.94. The second kappa shape index (κ2) is 6.52. The highest BCUT2D eigenvalue weighted by Gasteiger charge is 2.27. The molecule has 0 unspecified atom stereocenters. The lowest BCUT2D eigenvalue weighted by Crippen LogP contribution is -2.21. The minimum atomic E-state index is -0.426. The first-order valence-corrected chi connectivity index (χ1v) is 8.41. The zero-order valence-electron chi connectivity index (χ0n) is 12.4. The first-order valence-electron chi connectivity index (χ1n) is 7.12. The number of ether oxygens (including phenoxy) is 1. The Labute approximate surface area is 124 Å². The molecular formula is C14H23N3O2S. The molecule has 20 heavy (non-hydrogen) atoms. The van der Waals surface area contributed by atoms with Crippen LogP contribution in [-0.2, 0) is 4.74 Å². The fourth-order valence-corrected chi connectivity index (χ4v) is 3.65. The van der Waals surface area contributed by atoms with Crippen LogP contribution >= 0.6 is 11.8 Å². The van der Waals surface area contributed by atoms with E-state index in [0.717, 1.165) is 23.9 Å². The lowest BCUT2D eigenvalue weighted by atomic mass is 9.94. The van der Waals surface area contributed by atoms with Crippen LogP contribution in [0.3, 0.4) is 0 Å². The predicted molar refractivity (Wildman–Crippen MR) is 82.1 cm³/mol. The number of nitrogens with two attached hydrogens (primary N) is 1. The number of rotatable bonds is 4. The average Bonchev–Trinajstić information content (AvgIpc) is 2.75. The van der Waals surface area contributed by atoms with Crippen LogP contribution in [0.4, 0.5) is 5.82 Å². The summed E-state index contributed by atoms with van der Waals surface area (Å²) in [5, 5.41) is 0.751. The fourth-order valence-electron chi connectivity index (χ4n) is 2.91. The van der Waals surface area contributed by atoms with Crippen molar-refractivity contribution in [3.63, 3.8) is 0 Å². The number of imidazole rings is 1. The number of hydrogen-bond acceptors (Lipinski definition) is 5. The molecule has 1 fully saturated rings. The Kier molecular flexibility index (Phi) is 4.96. The highest BCUT2D eigenvalue weighted by Crippen LogP contribution is 2.36. The fraction of sp³-hybridized carbons (Fsp3) is 0.714. The van der Waals surface area contributed by atoms with Crippen molar-refractivity contribution in [2.45, 2.75) is 50.8 Å². The molecule has 0 aliphatic heterocycles. The monoisotopic (exact) mass is 297 g/mol. The summed E-state index contributed by atoms with van der Waals surface area (Å²) in [7, 11) is 0. The second-order valence-electron chi connectivity index (χ2n) is 5.15. The van der Waals surface area contributed by atoms with Gasteiger partial charge in [0.2, 0.25) is 0 Å². The zero-order valence-corrected chi connectivity index (χ0v) is 13.2. The summed E-state index contributed by atoms with van der Waals surface area (Å²) < 4.78 is 7.02. The minimum Gasteiger partial charge on any atom is -0.461 e. The third kappa shape index (κ3) is 2.95. The number of anilines is 1. The smallest absolute Gasteiger partial charge is 0.360 e. The van der Waals surface area contributed by atoms with E-state index >= 15 is 0 Å². The number of nitrogen functional groups attached to an aromatic ring is 1. The molecule has 1 aromatic heterocycles. The highest BCUT2D eigenvalue weighted by molar-refractivity contribution is 7.99. The van der Waals surface area contributed by atoms with Crippen LogP contribution in [0.25, 0.3) is 0 Å². The third-order valence-electron chi connectivity index (χ3n) is 3.94. The standard InChI is InChI=1S/C14H23N3O2S/c1-4-19-14(18)12-13(15)17(9(2)16-12)10-5-7-11(20-3)8-6-10/h10-11H,4-8,15H2,1-3H3. The molecule has 1 aromatic rings. The van der Waals surface area contributed by atoms with Crippen LogP contribution in [-0.4, -0.2) is 33.6 Å². The minimum absolute atomic E-state index is 0.260. The molecule has 5 nitrogen and oxygen atoms in total. The van der Waals surface area contributed by atoms with Crippen LogP contribution < -0.4 is 5.73 Å². The molecule has 0 bridgehead atoms. The van der Waals surface area contributed by atoms with Crippen LogP contribution in [0.1, 0.15) is 55.0 Å². The average molecular weight is 297 g/mol. The van der Waals surface area contributed by atoms with Crippen molar-refractivity contribution in [1.82, 2.24) is 9.55 Å². The van der Waals surface area contributed by atoms with Gasteiger partial charge < -0.3 is 15.0 Å². The van der Waals surface area contributed by atoms with E-state index < -0.39 is 5.97 Å². The summed E-state index contributed by atoms with van der Waals surface area (Å²) in [6.07, 6.45) is 6.74. The molecule has 2 rings (SSSR count). The lowest BCUT2D eigenvalue weighted by Gasteiger charge is -2.29. The Bertz CT molecular complexity index is 479. The van der Waals surface area contributed by atoms with Crippen molar-refractivity contribution in [1.29, 1.82) is 0 Å². The summed E-state index contributed by atoms with van der Waals surface area (Å²) in [5.41, 5.74) is 6.39. The number of thioether (sulfide) groups is 1. The van der Waals surface area contributed by atoms with Crippen LogP contribution in [0, 0.1) is 6.92 Å². The molecule has 112 valence electrons. The quantitative estimate of drug-likeness (QED) is 0.865. The predicted octanol–water partition coefficient (Wildman–Crippen LogP) is 2.80. The first-order chi connectivity index (χ1) is 9.58. The van der Waals surface area contributed by atoms with Gasteiger partial charge in [0.25, 0.3) is 0 Å². The molecule has 0 saturated heterocycles. The van der Waals surface area contributed by atoms with Crippen molar-refractivity contribution >= 4 is 23.5 Å². The van der Waals surface area contributed by atoms with E-state index in [1.165, 1.54) is 12.8 Å². The van der Waals surface area contributed by atoms with Gasteiger partial charge in [-0.2, -0.15) is 11.8 Å². The Hall–Kier alpha value is -1.17. The Morgan fingerprint density at radius 2 is 2.10 bits per heavy atom. The molecule has 0 amide bonds. The summed E-state index contributed by atoms with van der Waals surface area (Å²) in [5.74, 6) is 0.830. The number of nitrogens with zero attached hydrogens (tertiary/aromatic N) is 2. The van der Waals surface area contributed by atoms with Crippen LogP contribution in [0.2, 0.25) is 0 Å². The third-order valence-corrected chi connectivity index (χ3v) is 5.07. The Morgan fingerprint density at radius 1 is 1.45 bits per heavy atom. The SMILES string of the molecule is CCOC(=O)c1nc(C)n(C2CCC(SC)CC2)c1N. The molecule has 0 spiro atoms. The largest absolute Gasteiger partial charge is 0.461 e. The van der Waals surface area contributed by atoms with Gasteiger partial charge in [-0.15, -0.1) is 0 Å². The number of esters is 1. The maximum atomic E-state index is 11.8. The molecule has 1 aliphatic carbocycles. The maximum absolute atomic E-state index is 11.8. The highest BCUT2D eigenvalue weighted by atomic mass is 32.2. The van der Waals surface area contributed by atoms with Crippen molar-refractivity contribution in [2.24, 2.45) is 0 Å². The van der Waals surface area contributed by atoms with E-state index in [4.69, 9.17) is 10.5 Å². The molecule has 2 N–H and O–H groups in total. The molecule has 6 heteroatoms. The van der Waals surface area contributed by atoms with Crippen molar-refractivity contribution in [2.75, 3.05) is 18.6 Å². The molecule has 0 radical (unpaired) electrons. The van der Waals surface area contributed by atoms with Gasteiger partial charge in [-0.05, 0) is 45.8 Å². The normalized spacial score (nSPS) is 22.8. The molecule has 1 heterocycles. The number of aromatic nitrogens is 2. The van der Waals surface area contributed by atoms with Gasteiger partial charge in [-0.3, -0.25) is 0 Å². The van der Waals surface area contributed by atoms with E-state index in [9.17, 15) is 4.79 Å². The lowest BCUT2D eigenvalue weighted by molar-refractivity contribution is 0.0521. The number of carbonyl (C=O) groups excluding carboxylic acids is 1. The number of carbonyl (C=O) groups is 1. The molecule has 1 aliphatic rings. The van der Waals surface area contributed by atoms with Gasteiger partial charge in [0.05, 0.1) is 6.61 Å². The van der Waals surface area contributed by atoms with Gasteiger partial charge in [0.15, 0.2) is 5.69 Å². The first kappa shape index (κ1) is 15.2. The summed E-state index contributed by atoms with van der Waals surface area (Å²) in [4.78, 5) is 16.1. The second-order valence-corrected chi connectivity index (χ2v) is 6.29. The van der Waals surface area contributed by atoms with Gasteiger partial charge in [-0.1, -0.05) is 0 Å². The Morgan fingerprint density at radius 3 is 2.65 bits per heavy atom. The number of aryl methyl sites for hydroxylation is 1. The van der Waals surface area contributed by atoms with Crippen LogP contribution in [0.15, 0.2) is 0 Å². The Balaban J connectivity index is 2.18. The van der Waals surface area contributed by atoms with Gasteiger partial charge in [0, 0.05) is 11.3 Å². The summed E-state index contributed by atoms with van der Waals surface area (Å²) in [6, 6.07) is 0.356. The topological polar surface area (TPSA) is 70.1 Å². The van der Waals surface area contributed by atoms with Gasteiger partial charge in [-0.25, -0.2) is 9.78 Å². The molecule has 0 atom stereocenters. The van der Waals surface area contributed by atoms with E-state index in [1.807, 2.05) is 23.3 Å². The molecular weight excluding hydrogens is 274 g/mol. The van der Waals surface area contributed by atoms with E-state index in [-0.39, 0.29) is 5.69 Å². The molecule has 0 aromatic carbocycles. The van der Waals surface area contributed by atoms with Crippen molar-refractivity contribution in [3.05, 3.63) is 11.5 Å². The van der Waals surface area contributed by atoms with Crippen molar-refractivity contribution < 1.29 is 9.53 Å². The van der Waals surface area contributed by atoms with Gasteiger partial charge in [0.1, 0.15) is 11.6 Å². The number of hydrogen-bond donors (Lipinski definition) is 1. The van der Waals surface area contributed by atoms with Gasteiger partial charge >= 0.3 is 5.97 Å². The van der Waals surface area contributed by atoms with E-state index in [2.05, 4.69) is 11.2 Å². The van der Waals surface area contributed by atoms with Crippen molar-refractivity contribution in [3.8, 4) is 0 Å².